The molecular formula is C10H17N. The summed E-state index contributed by atoms with van der Waals surface area (Å²) in [7, 11) is 0. The lowest BCUT2D eigenvalue weighted by Crippen LogP contribution is -1.75. The van der Waals surface area contributed by atoms with E-state index in [0.29, 0.717) is 0 Å². The van der Waals surface area contributed by atoms with Crippen LogP contribution in [-0.2, 0) is 0 Å². The van der Waals surface area contributed by atoms with E-state index in [0.717, 1.165) is 12.8 Å². The molecule has 1 heteroatoms. The van der Waals surface area contributed by atoms with Gasteiger partial charge in [-0.15, -0.1) is 0 Å². The van der Waals surface area contributed by atoms with Gasteiger partial charge < -0.3 is 5.41 Å². The third-order valence-electron chi connectivity index (χ3n) is 1.49. The number of rotatable bonds is 5. The molecule has 0 unspecified atom stereocenters. The Hall–Kier alpha value is -0.850. The first kappa shape index (κ1) is 10.2. The molecule has 1 N–H and O–H groups in total. The monoisotopic (exact) mass is 151 g/mol. The lowest BCUT2D eigenvalue weighted by Gasteiger charge is -1.92. The van der Waals surface area contributed by atoms with Crippen molar-refractivity contribution in [2.24, 2.45) is 0 Å². The van der Waals surface area contributed by atoms with Crippen molar-refractivity contribution in [1.82, 2.24) is 0 Å². The summed E-state index contributed by atoms with van der Waals surface area (Å²) in [6.07, 6.45) is 10.8. The van der Waals surface area contributed by atoms with E-state index < -0.39 is 0 Å². The first-order valence-corrected chi connectivity index (χ1v) is 4.21. The maximum atomic E-state index is 6.88. The van der Waals surface area contributed by atoms with Gasteiger partial charge in [-0.1, -0.05) is 32.4 Å². The Balaban J connectivity index is 3.86. The molecule has 11 heavy (non-hydrogen) atoms. The Morgan fingerprint density at radius 3 is 2.55 bits per heavy atom. The predicted octanol–water partition coefficient (Wildman–Crippen LogP) is 3.33. The summed E-state index contributed by atoms with van der Waals surface area (Å²) in [5, 5.41) is 6.88. The summed E-state index contributed by atoms with van der Waals surface area (Å²) in [4.78, 5) is 0. The summed E-state index contributed by atoms with van der Waals surface area (Å²) in [5.74, 6) is 0. The van der Waals surface area contributed by atoms with Crippen LogP contribution in [0.3, 0.4) is 0 Å². The van der Waals surface area contributed by atoms with E-state index in [9.17, 15) is 0 Å². The molecule has 0 amide bonds. The first-order valence-electron chi connectivity index (χ1n) is 4.21. The summed E-state index contributed by atoms with van der Waals surface area (Å²) in [6, 6.07) is 0. The van der Waals surface area contributed by atoms with Crippen molar-refractivity contribution >= 4 is 6.21 Å². The Bertz CT molecular complexity index is 154. The predicted molar refractivity (Wildman–Crippen MR) is 51.2 cm³/mol. The fourth-order valence-corrected chi connectivity index (χ4v) is 0.800. The van der Waals surface area contributed by atoms with Gasteiger partial charge >= 0.3 is 0 Å². The number of allylic oxidation sites excluding steroid dienone is 4. The van der Waals surface area contributed by atoms with Crippen LogP contribution in [0.4, 0.5) is 0 Å². The zero-order valence-electron chi connectivity index (χ0n) is 7.43. The van der Waals surface area contributed by atoms with Crippen LogP contribution in [0.2, 0.25) is 0 Å². The SMILES string of the molecule is CCCC=C/C(=C\C=N)CC. The van der Waals surface area contributed by atoms with Crippen LogP contribution in [-0.4, -0.2) is 6.21 Å². The Kier molecular flexibility index (Phi) is 6.70. The highest BCUT2D eigenvalue weighted by Gasteiger charge is 1.83. The number of unbranched alkanes of at least 4 members (excludes halogenated alkanes) is 1. The maximum absolute atomic E-state index is 6.88. The van der Waals surface area contributed by atoms with Gasteiger partial charge in [-0.2, -0.15) is 0 Å². The fraction of sp³-hybridized carbons (Fsp3) is 0.500. The van der Waals surface area contributed by atoms with Crippen LogP contribution in [0.25, 0.3) is 0 Å². The van der Waals surface area contributed by atoms with Crippen molar-refractivity contribution in [3.05, 3.63) is 23.8 Å². The van der Waals surface area contributed by atoms with Crippen molar-refractivity contribution in [1.29, 1.82) is 5.41 Å². The Morgan fingerprint density at radius 1 is 1.36 bits per heavy atom. The van der Waals surface area contributed by atoms with Crippen LogP contribution in [0, 0.1) is 5.41 Å². The lowest BCUT2D eigenvalue weighted by molar-refractivity contribution is 0.955. The van der Waals surface area contributed by atoms with Crippen molar-refractivity contribution < 1.29 is 0 Å². The topological polar surface area (TPSA) is 23.9 Å². The number of hydrogen-bond acceptors (Lipinski definition) is 1. The van der Waals surface area contributed by atoms with Gasteiger partial charge in [0.1, 0.15) is 0 Å². The second kappa shape index (κ2) is 7.26. The van der Waals surface area contributed by atoms with Gasteiger partial charge in [0, 0.05) is 6.21 Å². The average molecular weight is 151 g/mol. The molecule has 1 nitrogen and oxygen atoms in total. The summed E-state index contributed by atoms with van der Waals surface area (Å²) in [5.41, 5.74) is 1.23. The Morgan fingerprint density at radius 2 is 2.09 bits per heavy atom. The average Bonchev–Trinajstić information content (AvgIpc) is 2.03. The second-order valence-electron chi connectivity index (χ2n) is 2.45. The van der Waals surface area contributed by atoms with Crippen molar-refractivity contribution in [3.8, 4) is 0 Å². The van der Waals surface area contributed by atoms with E-state index in [1.807, 2.05) is 6.08 Å². The molecule has 0 bridgehead atoms. The van der Waals surface area contributed by atoms with Crippen LogP contribution in [0.5, 0.6) is 0 Å². The van der Waals surface area contributed by atoms with Crippen molar-refractivity contribution in [3.63, 3.8) is 0 Å². The highest BCUT2D eigenvalue weighted by Crippen LogP contribution is 2.02. The van der Waals surface area contributed by atoms with Crippen molar-refractivity contribution in [2.75, 3.05) is 0 Å². The molecule has 0 saturated heterocycles. The number of nitrogens with one attached hydrogen (secondary N) is 1. The third-order valence-corrected chi connectivity index (χ3v) is 1.49. The normalized spacial score (nSPS) is 12.4. The molecule has 0 aliphatic heterocycles. The van der Waals surface area contributed by atoms with Gasteiger partial charge in [-0.25, -0.2) is 0 Å². The molecule has 0 aliphatic rings. The van der Waals surface area contributed by atoms with E-state index in [-0.39, 0.29) is 0 Å². The van der Waals surface area contributed by atoms with Crippen LogP contribution < -0.4 is 0 Å². The van der Waals surface area contributed by atoms with Gasteiger partial charge in [-0.3, -0.25) is 0 Å². The van der Waals surface area contributed by atoms with Gasteiger partial charge in [0.05, 0.1) is 0 Å². The molecule has 0 spiro atoms. The molecule has 0 radical (unpaired) electrons. The quantitative estimate of drug-likeness (QED) is 0.460. The molecule has 0 aromatic heterocycles. The molecule has 0 fully saturated rings. The lowest BCUT2D eigenvalue weighted by atomic mass is 10.1. The first-order chi connectivity index (χ1) is 5.35. The maximum Gasteiger partial charge on any atom is 0.0180 e. The largest absolute Gasteiger partial charge is 0.309 e. The summed E-state index contributed by atoms with van der Waals surface area (Å²) < 4.78 is 0. The van der Waals surface area contributed by atoms with Crippen LogP contribution >= 0.6 is 0 Å². The van der Waals surface area contributed by atoms with Gasteiger partial charge in [0.15, 0.2) is 0 Å². The third kappa shape index (κ3) is 5.59. The Labute approximate surface area is 69.3 Å². The molecule has 0 heterocycles. The standard InChI is InChI=1S/C10H17N/c1-3-5-6-7-10(4-2)8-9-11/h6-9,11H,3-5H2,1-2H3/b7-6?,10-8-,11-9?. The highest BCUT2D eigenvalue weighted by atomic mass is 14.3. The molecule has 0 aliphatic carbocycles. The molecule has 0 aromatic rings. The molecule has 0 aromatic carbocycles. The number of hydrogen-bond donors (Lipinski definition) is 1. The van der Waals surface area contributed by atoms with Crippen LogP contribution in [0.1, 0.15) is 33.1 Å². The van der Waals surface area contributed by atoms with E-state index in [1.165, 1.54) is 18.2 Å². The molecule has 0 atom stereocenters. The highest BCUT2D eigenvalue weighted by molar-refractivity contribution is 5.69. The van der Waals surface area contributed by atoms with E-state index in [2.05, 4.69) is 26.0 Å². The van der Waals surface area contributed by atoms with E-state index >= 15 is 0 Å². The minimum Gasteiger partial charge on any atom is -0.309 e. The smallest absolute Gasteiger partial charge is 0.0180 e. The van der Waals surface area contributed by atoms with Gasteiger partial charge in [-0.05, 0) is 24.5 Å². The van der Waals surface area contributed by atoms with E-state index in [4.69, 9.17) is 5.41 Å². The fourth-order valence-electron chi connectivity index (χ4n) is 0.800. The molecule has 62 valence electrons. The minimum atomic E-state index is 1.01. The minimum absolute atomic E-state index is 1.01. The van der Waals surface area contributed by atoms with Crippen molar-refractivity contribution in [2.45, 2.75) is 33.1 Å². The van der Waals surface area contributed by atoms with Gasteiger partial charge in [0.2, 0.25) is 0 Å². The molecular weight excluding hydrogens is 134 g/mol. The van der Waals surface area contributed by atoms with Gasteiger partial charge in [0.25, 0.3) is 0 Å². The summed E-state index contributed by atoms with van der Waals surface area (Å²) >= 11 is 0. The molecule has 0 saturated carbocycles. The zero-order chi connectivity index (χ0) is 8.53. The van der Waals surface area contributed by atoms with Crippen LogP contribution in [0.15, 0.2) is 23.8 Å². The summed E-state index contributed by atoms with van der Waals surface area (Å²) in [6.45, 7) is 4.27. The molecule has 0 rings (SSSR count). The zero-order valence-corrected chi connectivity index (χ0v) is 7.43. The van der Waals surface area contributed by atoms with E-state index in [1.54, 1.807) is 0 Å². The second-order valence-corrected chi connectivity index (χ2v) is 2.45.